The molecule has 0 heterocycles. The first-order valence-electron chi connectivity index (χ1n) is 9.89. The molecular formula is C23H36O5Si. The second-order valence-electron chi connectivity index (χ2n) is 9.94. The van der Waals surface area contributed by atoms with E-state index < -0.39 is 43.8 Å². The number of esters is 1. The number of aliphatic carboxylic acids is 1. The van der Waals surface area contributed by atoms with Crippen LogP contribution in [0.5, 0.6) is 0 Å². The summed E-state index contributed by atoms with van der Waals surface area (Å²) in [5.74, 6) is -2.52. The zero-order valence-corrected chi connectivity index (χ0v) is 20.0. The Balaban J connectivity index is 3.60. The number of carbonyl (C=O) groups excluding carboxylic acids is 1. The molecule has 0 aromatic heterocycles. The summed E-state index contributed by atoms with van der Waals surface area (Å²) in [5.41, 5.74) is -1.81. The predicted molar refractivity (Wildman–Crippen MR) is 118 cm³/mol. The summed E-state index contributed by atoms with van der Waals surface area (Å²) in [5, 5.41) is 10.2. The first kappa shape index (κ1) is 25.1. The maximum absolute atomic E-state index is 12.8. The van der Waals surface area contributed by atoms with Crippen LogP contribution in [0.4, 0.5) is 0 Å². The summed E-state index contributed by atoms with van der Waals surface area (Å²) >= 11 is 0. The maximum atomic E-state index is 12.8. The smallest absolute Gasteiger partial charge is 0.336 e. The van der Waals surface area contributed by atoms with E-state index in [4.69, 9.17) is 9.16 Å². The fourth-order valence-corrected chi connectivity index (χ4v) is 4.42. The van der Waals surface area contributed by atoms with Gasteiger partial charge in [-0.1, -0.05) is 57.2 Å². The van der Waals surface area contributed by atoms with Gasteiger partial charge in [-0.05, 0) is 44.5 Å². The van der Waals surface area contributed by atoms with E-state index in [9.17, 15) is 14.7 Å². The van der Waals surface area contributed by atoms with Gasteiger partial charge in [-0.15, -0.1) is 6.58 Å². The summed E-state index contributed by atoms with van der Waals surface area (Å²) in [6.45, 7) is 19.2. The maximum Gasteiger partial charge on any atom is 0.336 e. The SMILES string of the molecule is C=C[C@@H](c1ccccc1)[C@](CC(=O)OC(C)(C)C)(O[Si](C)(C)C(C)(C)C)C(=O)O. The lowest BCUT2D eigenvalue weighted by Crippen LogP contribution is -2.57. The van der Waals surface area contributed by atoms with Crippen LogP contribution in [0.15, 0.2) is 43.0 Å². The van der Waals surface area contributed by atoms with E-state index in [1.165, 1.54) is 0 Å². The van der Waals surface area contributed by atoms with Crippen molar-refractivity contribution in [3.05, 3.63) is 48.6 Å². The van der Waals surface area contributed by atoms with E-state index in [0.717, 1.165) is 5.56 Å². The molecule has 0 spiro atoms. The molecule has 29 heavy (non-hydrogen) atoms. The Kier molecular flexibility index (Phi) is 7.65. The van der Waals surface area contributed by atoms with E-state index in [1.54, 1.807) is 26.8 Å². The minimum atomic E-state index is -2.58. The first-order chi connectivity index (χ1) is 13.1. The van der Waals surface area contributed by atoms with Crippen LogP contribution >= 0.6 is 0 Å². The van der Waals surface area contributed by atoms with E-state index in [0.29, 0.717) is 0 Å². The minimum Gasteiger partial charge on any atom is -0.479 e. The number of ether oxygens (including phenoxy) is 1. The summed E-state index contributed by atoms with van der Waals surface area (Å²) in [4.78, 5) is 25.5. The average Bonchev–Trinajstić information content (AvgIpc) is 2.52. The number of hydrogen-bond donors (Lipinski definition) is 1. The molecule has 0 aliphatic rings. The Morgan fingerprint density at radius 2 is 1.62 bits per heavy atom. The van der Waals surface area contributed by atoms with Gasteiger partial charge in [-0.2, -0.15) is 0 Å². The van der Waals surface area contributed by atoms with Crippen LogP contribution in [0.3, 0.4) is 0 Å². The molecule has 0 saturated heterocycles. The van der Waals surface area contributed by atoms with Crippen LogP contribution in [0.25, 0.3) is 0 Å². The summed E-state index contributed by atoms with van der Waals surface area (Å²) in [6, 6.07) is 9.17. The van der Waals surface area contributed by atoms with E-state index in [1.807, 2.05) is 64.2 Å². The molecule has 1 aromatic carbocycles. The molecule has 5 nitrogen and oxygen atoms in total. The third-order valence-electron chi connectivity index (χ3n) is 5.33. The fraction of sp³-hybridized carbons (Fsp3) is 0.565. The van der Waals surface area contributed by atoms with Crippen LogP contribution in [0.1, 0.15) is 59.4 Å². The lowest BCUT2D eigenvalue weighted by molar-refractivity contribution is -0.172. The van der Waals surface area contributed by atoms with Crippen molar-refractivity contribution in [2.45, 2.75) is 83.2 Å². The third kappa shape index (κ3) is 6.28. The molecular weight excluding hydrogens is 384 g/mol. The zero-order chi connectivity index (χ0) is 22.7. The number of carbonyl (C=O) groups is 2. The van der Waals surface area contributed by atoms with Crippen LogP contribution in [-0.2, 0) is 18.8 Å². The molecule has 1 aromatic rings. The molecule has 6 heteroatoms. The molecule has 1 N–H and O–H groups in total. The highest BCUT2D eigenvalue weighted by atomic mass is 28.4. The highest BCUT2D eigenvalue weighted by Gasteiger charge is 2.54. The fourth-order valence-electron chi connectivity index (χ4n) is 2.92. The molecule has 0 aliphatic carbocycles. The molecule has 0 saturated carbocycles. The van der Waals surface area contributed by atoms with Gasteiger partial charge in [0, 0.05) is 5.92 Å². The Bertz CT molecular complexity index is 728. The number of carboxylic acid groups (broad SMARTS) is 1. The molecule has 0 unspecified atom stereocenters. The van der Waals surface area contributed by atoms with Crippen molar-refractivity contribution >= 4 is 20.3 Å². The van der Waals surface area contributed by atoms with Crippen molar-refractivity contribution in [3.63, 3.8) is 0 Å². The van der Waals surface area contributed by atoms with Crippen LogP contribution in [0.2, 0.25) is 18.1 Å². The first-order valence-corrected chi connectivity index (χ1v) is 12.8. The highest BCUT2D eigenvalue weighted by Crippen LogP contribution is 2.45. The normalized spacial score (nSPS) is 15.9. The monoisotopic (exact) mass is 420 g/mol. The van der Waals surface area contributed by atoms with Crippen molar-refractivity contribution in [1.82, 2.24) is 0 Å². The van der Waals surface area contributed by atoms with Gasteiger partial charge in [0.1, 0.15) is 5.60 Å². The zero-order valence-electron chi connectivity index (χ0n) is 19.0. The van der Waals surface area contributed by atoms with E-state index in [2.05, 4.69) is 6.58 Å². The number of carboxylic acids is 1. The lowest BCUT2D eigenvalue weighted by atomic mass is 9.79. The number of rotatable bonds is 8. The molecule has 1 rings (SSSR count). The van der Waals surface area contributed by atoms with Crippen LogP contribution < -0.4 is 0 Å². The van der Waals surface area contributed by atoms with E-state index in [-0.39, 0.29) is 5.04 Å². The van der Waals surface area contributed by atoms with Crippen molar-refractivity contribution in [2.75, 3.05) is 0 Å². The van der Waals surface area contributed by atoms with Crippen molar-refractivity contribution in [2.24, 2.45) is 0 Å². The van der Waals surface area contributed by atoms with Crippen LogP contribution in [-0.4, -0.2) is 36.6 Å². The highest BCUT2D eigenvalue weighted by molar-refractivity contribution is 6.74. The molecule has 162 valence electrons. The van der Waals surface area contributed by atoms with Gasteiger partial charge in [0.25, 0.3) is 0 Å². The minimum absolute atomic E-state index is 0.246. The number of hydrogen-bond acceptors (Lipinski definition) is 4. The summed E-state index contributed by atoms with van der Waals surface area (Å²) in [7, 11) is -2.58. The Morgan fingerprint density at radius 1 is 1.10 bits per heavy atom. The Morgan fingerprint density at radius 3 is 2.00 bits per heavy atom. The van der Waals surface area contributed by atoms with Gasteiger partial charge in [0.15, 0.2) is 13.9 Å². The molecule has 2 atom stereocenters. The van der Waals surface area contributed by atoms with Crippen molar-refractivity contribution in [3.8, 4) is 0 Å². The lowest BCUT2D eigenvalue weighted by Gasteiger charge is -2.46. The second kappa shape index (κ2) is 8.84. The predicted octanol–water partition coefficient (Wildman–Crippen LogP) is 5.53. The van der Waals surface area contributed by atoms with Gasteiger partial charge in [-0.25, -0.2) is 4.79 Å². The largest absolute Gasteiger partial charge is 0.479 e. The van der Waals surface area contributed by atoms with Crippen molar-refractivity contribution in [1.29, 1.82) is 0 Å². The summed E-state index contributed by atoms with van der Waals surface area (Å²) in [6.07, 6.45) is 1.15. The molecule has 0 radical (unpaired) electrons. The van der Waals surface area contributed by atoms with Crippen molar-refractivity contribution < 1.29 is 23.9 Å². The molecule has 0 fully saturated rings. The quantitative estimate of drug-likeness (QED) is 0.340. The summed E-state index contributed by atoms with van der Waals surface area (Å²) < 4.78 is 12.0. The Hall–Kier alpha value is -1.92. The number of benzene rings is 1. The van der Waals surface area contributed by atoms with Gasteiger partial charge in [0.05, 0.1) is 6.42 Å². The van der Waals surface area contributed by atoms with Gasteiger partial charge in [-0.3, -0.25) is 4.79 Å². The van der Waals surface area contributed by atoms with Crippen LogP contribution in [0, 0.1) is 0 Å². The van der Waals surface area contributed by atoms with Gasteiger partial charge >= 0.3 is 11.9 Å². The molecule has 0 amide bonds. The Labute approximate surface area is 176 Å². The third-order valence-corrected chi connectivity index (χ3v) is 9.82. The molecule has 0 bridgehead atoms. The topological polar surface area (TPSA) is 72.8 Å². The van der Waals surface area contributed by atoms with E-state index >= 15 is 0 Å². The standard InChI is InChI=1S/C23H36O5Si/c1-10-18(17-14-12-11-13-15-17)23(20(25)26,16-19(24)27-21(2,3)4)28-29(8,9)22(5,6)7/h10-15,18H,1,16H2,2-9H3,(H,25,26)/t18-,23-/m0/s1. The van der Waals surface area contributed by atoms with Gasteiger partial charge in [0.2, 0.25) is 0 Å². The average molecular weight is 421 g/mol. The molecule has 0 aliphatic heterocycles. The van der Waals surface area contributed by atoms with Gasteiger partial charge < -0.3 is 14.3 Å². The second-order valence-corrected chi connectivity index (χ2v) is 14.7.